The molecule has 0 aliphatic carbocycles. The normalized spacial score (nSPS) is 10.7. The molecule has 1 aromatic heterocycles. The van der Waals surface area contributed by atoms with Crippen molar-refractivity contribution in [2.75, 3.05) is 19.1 Å². The summed E-state index contributed by atoms with van der Waals surface area (Å²) in [5.41, 5.74) is 1.13. The molecule has 0 saturated heterocycles. The minimum absolute atomic E-state index is 0.0488. The van der Waals surface area contributed by atoms with E-state index < -0.39 is 23.5 Å². The lowest BCUT2D eigenvalue weighted by Gasteiger charge is -2.19. The van der Waals surface area contributed by atoms with Crippen LogP contribution in [0.2, 0.25) is 0 Å². The smallest absolute Gasteiger partial charge is 0.377 e. The fourth-order valence-electron chi connectivity index (χ4n) is 4.23. The lowest BCUT2D eigenvalue weighted by molar-refractivity contribution is 0.0472. The maximum Gasteiger partial charge on any atom is 0.377 e. The van der Waals surface area contributed by atoms with E-state index in [1.807, 2.05) is 30.3 Å². The highest BCUT2D eigenvalue weighted by molar-refractivity contribution is 5.93. The topological polar surface area (TPSA) is 118 Å². The summed E-state index contributed by atoms with van der Waals surface area (Å²) in [5, 5.41) is 7.35. The number of aromatic nitrogens is 4. The molecule has 0 N–H and O–H groups in total. The van der Waals surface area contributed by atoms with Gasteiger partial charge in [-0.2, -0.15) is 4.68 Å². The van der Waals surface area contributed by atoms with Crippen LogP contribution in [-0.2, 0) is 11.3 Å². The van der Waals surface area contributed by atoms with Gasteiger partial charge < -0.3 is 14.2 Å². The van der Waals surface area contributed by atoms with E-state index in [9.17, 15) is 18.8 Å². The van der Waals surface area contributed by atoms with E-state index in [2.05, 4.69) is 10.4 Å². The number of aryl methyl sites for hydroxylation is 1. The summed E-state index contributed by atoms with van der Waals surface area (Å²) < 4.78 is 32.2. The average Bonchev–Trinajstić information content (AvgIpc) is 3.41. The SMILES string of the molecule is COc1cccc(F)c1-n1nnn(C(=O)N(C)c2cc(Oc3ccc(C(=O)OCc4ccccc4)cc3)ccc2C)c1=O. The summed E-state index contributed by atoms with van der Waals surface area (Å²) in [6, 6.07) is 24.1. The van der Waals surface area contributed by atoms with Crippen LogP contribution >= 0.6 is 0 Å². The minimum atomic E-state index is -0.979. The van der Waals surface area contributed by atoms with Crippen LogP contribution in [0.5, 0.6) is 17.2 Å². The maximum absolute atomic E-state index is 14.5. The number of methoxy groups -OCH3 is 1. The van der Waals surface area contributed by atoms with Crippen molar-refractivity contribution in [2.45, 2.75) is 13.5 Å². The van der Waals surface area contributed by atoms with Gasteiger partial charge in [-0.05, 0) is 70.9 Å². The van der Waals surface area contributed by atoms with Crippen LogP contribution < -0.4 is 20.1 Å². The molecule has 0 aliphatic heterocycles. The number of hydrogen-bond acceptors (Lipinski definition) is 8. The maximum atomic E-state index is 14.5. The van der Waals surface area contributed by atoms with Crippen molar-refractivity contribution < 1.29 is 28.2 Å². The highest BCUT2D eigenvalue weighted by atomic mass is 19.1. The Morgan fingerprint density at radius 3 is 2.35 bits per heavy atom. The van der Waals surface area contributed by atoms with Gasteiger partial charge >= 0.3 is 17.7 Å². The quantitative estimate of drug-likeness (QED) is 0.182. The largest absolute Gasteiger partial charge is 0.494 e. The molecule has 4 aromatic carbocycles. The van der Waals surface area contributed by atoms with Crippen molar-refractivity contribution in [2.24, 2.45) is 0 Å². The van der Waals surface area contributed by atoms with E-state index in [0.29, 0.717) is 37.7 Å². The van der Waals surface area contributed by atoms with Gasteiger partial charge in [0.05, 0.1) is 18.4 Å². The summed E-state index contributed by atoms with van der Waals surface area (Å²) in [5.74, 6) is -0.346. The lowest BCUT2D eigenvalue weighted by atomic mass is 10.1. The number of benzene rings is 4. The van der Waals surface area contributed by atoms with Crippen molar-refractivity contribution in [1.29, 1.82) is 0 Å². The van der Waals surface area contributed by atoms with Crippen LogP contribution in [0.15, 0.2) is 95.8 Å². The van der Waals surface area contributed by atoms with Crippen LogP contribution in [0.1, 0.15) is 21.5 Å². The number of nitrogens with zero attached hydrogens (tertiary/aromatic N) is 5. The second-order valence-corrected chi connectivity index (χ2v) is 9.35. The first-order valence-electron chi connectivity index (χ1n) is 13.0. The van der Waals surface area contributed by atoms with E-state index in [1.54, 1.807) is 49.4 Å². The van der Waals surface area contributed by atoms with Gasteiger partial charge in [-0.25, -0.2) is 18.8 Å². The molecule has 0 fully saturated rings. The van der Waals surface area contributed by atoms with Crippen LogP contribution in [0.4, 0.5) is 14.9 Å². The van der Waals surface area contributed by atoms with E-state index in [4.69, 9.17) is 14.2 Å². The van der Waals surface area contributed by atoms with Crippen molar-refractivity contribution in [3.8, 4) is 22.9 Å². The molecule has 218 valence electrons. The molecule has 0 saturated carbocycles. The average molecular weight is 584 g/mol. The van der Waals surface area contributed by atoms with Crippen molar-refractivity contribution in [1.82, 2.24) is 19.8 Å². The zero-order valence-electron chi connectivity index (χ0n) is 23.4. The number of carbonyl (C=O) groups excluding carboxylic acids is 2. The summed E-state index contributed by atoms with van der Waals surface area (Å²) in [4.78, 5) is 39.9. The summed E-state index contributed by atoms with van der Waals surface area (Å²) in [7, 11) is 2.78. The highest BCUT2D eigenvalue weighted by Gasteiger charge is 2.24. The number of carbonyl (C=O) groups is 2. The van der Waals surface area contributed by atoms with E-state index in [0.717, 1.165) is 11.6 Å². The predicted octanol–water partition coefficient (Wildman–Crippen LogP) is 5.14. The van der Waals surface area contributed by atoms with Crippen molar-refractivity contribution in [3.05, 3.63) is 124 Å². The number of ether oxygens (including phenoxy) is 3. The molecule has 0 spiro atoms. The van der Waals surface area contributed by atoms with Gasteiger partial charge in [-0.3, -0.25) is 4.90 Å². The van der Waals surface area contributed by atoms with E-state index in [-0.39, 0.29) is 18.0 Å². The highest BCUT2D eigenvalue weighted by Crippen LogP contribution is 2.29. The van der Waals surface area contributed by atoms with Gasteiger partial charge in [0, 0.05) is 13.1 Å². The first-order valence-corrected chi connectivity index (χ1v) is 13.0. The Morgan fingerprint density at radius 2 is 1.63 bits per heavy atom. The number of halogens is 1. The monoisotopic (exact) mass is 583 g/mol. The molecule has 0 bridgehead atoms. The zero-order valence-corrected chi connectivity index (χ0v) is 23.4. The van der Waals surface area contributed by atoms with Gasteiger partial charge in [0.2, 0.25) is 0 Å². The molecule has 5 rings (SSSR count). The summed E-state index contributed by atoms with van der Waals surface area (Å²) >= 11 is 0. The fraction of sp³-hybridized carbons (Fsp3) is 0.129. The van der Waals surface area contributed by atoms with Crippen molar-refractivity contribution >= 4 is 17.7 Å². The molecule has 12 heteroatoms. The first-order chi connectivity index (χ1) is 20.8. The summed E-state index contributed by atoms with van der Waals surface area (Å²) in [6.07, 6.45) is 0. The number of tetrazole rings is 1. The molecule has 5 aromatic rings. The number of rotatable bonds is 8. The molecule has 11 nitrogen and oxygen atoms in total. The Bertz CT molecular complexity index is 1840. The van der Waals surface area contributed by atoms with Crippen LogP contribution in [-0.4, -0.2) is 45.9 Å². The number of esters is 1. The first kappa shape index (κ1) is 28.7. The number of amides is 1. The molecule has 0 radical (unpaired) electrons. The van der Waals surface area contributed by atoms with E-state index >= 15 is 0 Å². The van der Waals surface area contributed by atoms with Crippen LogP contribution in [0.3, 0.4) is 0 Å². The molecular formula is C31H26FN5O6. The molecule has 43 heavy (non-hydrogen) atoms. The molecular weight excluding hydrogens is 557 g/mol. The Morgan fingerprint density at radius 1 is 0.907 bits per heavy atom. The fourth-order valence-corrected chi connectivity index (χ4v) is 4.23. The molecule has 0 aliphatic rings. The Hall–Kier alpha value is -5.78. The van der Waals surface area contributed by atoms with Gasteiger partial charge in [0.1, 0.15) is 29.5 Å². The Kier molecular flexibility index (Phi) is 8.28. The van der Waals surface area contributed by atoms with Crippen LogP contribution in [0.25, 0.3) is 5.69 Å². The number of anilines is 1. The van der Waals surface area contributed by atoms with E-state index in [1.165, 1.54) is 31.2 Å². The third-order valence-electron chi connectivity index (χ3n) is 6.51. The third kappa shape index (κ3) is 6.12. The molecule has 0 unspecified atom stereocenters. The Balaban J connectivity index is 1.30. The standard InChI is InChI=1S/C31H26FN5O6/c1-20-12-15-24(43-23-16-13-22(14-17-23)29(38)42-19-21-8-5-4-6-9-21)18-26(20)35(2)30(39)37-31(40)36(33-34-37)28-25(32)10-7-11-27(28)41-3/h4-18H,19H2,1-3H3. The second kappa shape index (κ2) is 12.4. The van der Waals surface area contributed by atoms with Crippen LogP contribution in [0, 0.1) is 12.7 Å². The van der Waals surface area contributed by atoms with Gasteiger partial charge in [0.15, 0.2) is 5.82 Å². The summed E-state index contributed by atoms with van der Waals surface area (Å²) in [6.45, 7) is 1.94. The number of hydrogen-bond donors (Lipinski definition) is 0. The number of para-hydroxylation sites is 1. The molecule has 1 heterocycles. The molecule has 1 amide bonds. The van der Waals surface area contributed by atoms with Gasteiger partial charge in [-0.1, -0.05) is 42.5 Å². The van der Waals surface area contributed by atoms with Crippen molar-refractivity contribution in [3.63, 3.8) is 0 Å². The zero-order chi connectivity index (χ0) is 30.5. The third-order valence-corrected chi connectivity index (χ3v) is 6.51. The van der Waals surface area contributed by atoms with Gasteiger partial charge in [0.25, 0.3) is 0 Å². The predicted molar refractivity (Wildman–Crippen MR) is 155 cm³/mol. The van der Waals surface area contributed by atoms with Gasteiger partial charge in [-0.15, -0.1) is 4.68 Å². The lowest BCUT2D eigenvalue weighted by Crippen LogP contribution is -2.39. The molecule has 0 atom stereocenters. The minimum Gasteiger partial charge on any atom is -0.494 e. The Labute approximate surface area is 245 Å². The second-order valence-electron chi connectivity index (χ2n) is 9.35.